The van der Waals surface area contributed by atoms with E-state index in [0.717, 1.165) is 12.8 Å². The van der Waals surface area contributed by atoms with Crippen LogP contribution in [-0.4, -0.2) is 19.1 Å². The second kappa shape index (κ2) is 6.53. The van der Waals surface area contributed by atoms with Gasteiger partial charge in [0.25, 0.3) is 0 Å². The minimum absolute atomic E-state index is 0.107. The van der Waals surface area contributed by atoms with E-state index in [2.05, 4.69) is 24.3 Å². The van der Waals surface area contributed by atoms with Crippen molar-refractivity contribution in [3.05, 3.63) is 60.2 Å². The minimum Gasteiger partial charge on any atom is -0.468 e. The first-order valence-corrected chi connectivity index (χ1v) is 6.87. The summed E-state index contributed by atoms with van der Waals surface area (Å²) in [6.07, 6.45) is 10.7. The number of esters is 1. The highest BCUT2D eigenvalue weighted by Crippen LogP contribution is 2.36. The smallest absolute Gasteiger partial charge is 0.322 e. The van der Waals surface area contributed by atoms with Crippen LogP contribution in [-0.2, 0) is 16.0 Å². The largest absolute Gasteiger partial charge is 0.468 e. The van der Waals surface area contributed by atoms with Crippen LogP contribution < -0.4 is 5.73 Å². The van der Waals surface area contributed by atoms with Crippen LogP contribution in [0.5, 0.6) is 0 Å². The third-order valence-corrected chi connectivity index (χ3v) is 3.75. The molecule has 2 unspecified atom stereocenters. The van der Waals surface area contributed by atoms with E-state index in [4.69, 9.17) is 10.5 Å². The molecule has 0 saturated carbocycles. The predicted molar refractivity (Wildman–Crippen MR) is 80.1 cm³/mol. The summed E-state index contributed by atoms with van der Waals surface area (Å²) in [4.78, 5) is 11.6. The fourth-order valence-electron chi connectivity index (χ4n) is 2.74. The Bertz CT molecular complexity index is 507. The van der Waals surface area contributed by atoms with E-state index >= 15 is 0 Å². The molecule has 2 atom stereocenters. The van der Waals surface area contributed by atoms with Crippen LogP contribution >= 0.6 is 0 Å². The molecule has 3 nitrogen and oxygen atoms in total. The van der Waals surface area contributed by atoms with Gasteiger partial charge in [-0.3, -0.25) is 4.79 Å². The summed E-state index contributed by atoms with van der Waals surface area (Å²) in [6, 6.07) is 9.71. The molecule has 1 aromatic rings. The monoisotopic (exact) mass is 271 g/mol. The first-order chi connectivity index (χ1) is 9.65. The number of allylic oxidation sites excluding steroid dienone is 4. The van der Waals surface area contributed by atoms with Crippen LogP contribution in [0.1, 0.15) is 18.4 Å². The molecule has 2 N–H and O–H groups in total. The second-order valence-corrected chi connectivity index (χ2v) is 5.35. The number of nitrogens with two attached hydrogens (primary N) is 1. The third-order valence-electron chi connectivity index (χ3n) is 3.75. The van der Waals surface area contributed by atoms with Crippen LogP contribution in [0.3, 0.4) is 0 Å². The number of carbonyl (C=O) groups excluding carboxylic acids is 1. The molecule has 20 heavy (non-hydrogen) atoms. The van der Waals surface area contributed by atoms with Gasteiger partial charge in [-0.1, -0.05) is 54.6 Å². The van der Waals surface area contributed by atoms with Gasteiger partial charge in [-0.2, -0.15) is 0 Å². The van der Waals surface area contributed by atoms with Crippen LogP contribution in [0.2, 0.25) is 0 Å². The van der Waals surface area contributed by atoms with E-state index in [0.29, 0.717) is 6.42 Å². The summed E-state index contributed by atoms with van der Waals surface area (Å²) < 4.78 is 4.74. The molecular formula is C17H21NO2. The summed E-state index contributed by atoms with van der Waals surface area (Å²) in [5.41, 5.74) is 7.11. The summed E-state index contributed by atoms with van der Waals surface area (Å²) in [5.74, 6) is -0.347. The van der Waals surface area contributed by atoms with Crippen LogP contribution in [0.15, 0.2) is 54.6 Å². The normalized spacial score (nSPS) is 22.5. The first kappa shape index (κ1) is 14.5. The fraction of sp³-hybridized carbons (Fsp3) is 0.353. The zero-order valence-electron chi connectivity index (χ0n) is 11.8. The van der Waals surface area contributed by atoms with E-state index in [1.807, 2.05) is 30.4 Å². The number of methoxy groups -OCH3 is 1. The Labute approximate surface area is 120 Å². The lowest BCUT2D eigenvalue weighted by Gasteiger charge is -2.33. The van der Waals surface area contributed by atoms with Gasteiger partial charge in [0.2, 0.25) is 0 Å². The molecule has 0 bridgehead atoms. The number of rotatable bonds is 5. The van der Waals surface area contributed by atoms with E-state index in [-0.39, 0.29) is 11.4 Å². The van der Waals surface area contributed by atoms with E-state index in [1.54, 1.807) is 0 Å². The molecular weight excluding hydrogens is 250 g/mol. The van der Waals surface area contributed by atoms with E-state index in [1.165, 1.54) is 12.7 Å². The Hall–Kier alpha value is -1.87. The Morgan fingerprint density at radius 1 is 1.35 bits per heavy atom. The van der Waals surface area contributed by atoms with Crippen LogP contribution in [0, 0.1) is 5.41 Å². The summed E-state index contributed by atoms with van der Waals surface area (Å²) >= 11 is 0. The van der Waals surface area contributed by atoms with Gasteiger partial charge in [0.1, 0.15) is 6.04 Å². The van der Waals surface area contributed by atoms with Gasteiger partial charge in [-0.05, 0) is 30.2 Å². The molecule has 2 rings (SSSR count). The topological polar surface area (TPSA) is 52.3 Å². The Morgan fingerprint density at radius 2 is 2.10 bits per heavy atom. The van der Waals surface area contributed by atoms with Crippen molar-refractivity contribution in [1.82, 2.24) is 0 Å². The summed E-state index contributed by atoms with van der Waals surface area (Å²) in [7, 11) is 1.38. The molecule has 3 heteroatoms. The molecule has 1 aliphatic rings. The molecule has 1 aliphatic carbocycles. The second-order valence-electron chi connectivity index (χ2n) is 5.35. The van der Waals surface area contributed by atoms with Crippen LogP contribution in [0.4, 0.5) is 0 Å². The van der Waals surface area contributed by atoms with Gasteiger partial charge in [0, 0.05) is 0 Å². The van der Waals surface area contributed by atoms with Gasteiger partial charge in [0.15, 0.2) is 0 Å². The lowest BCUT2D eigenvalue weighted by Crippen LogP contribution is -2.38. The first-order valence-electron chi connectivity index (χ1n) is 6.87. The van der Waals surface area contributed by atoms with Crippen molar-refractivity contribution in [3.8, 4) is 0 Å². The van der Waals surface area contributed by atoms with Crippen molar-refractivity contribution in [1.29, 1.82) is 0 Å². The maximum atomic E-state index is 11.6. The molecule has 0 spiro atoms. The highest BCUT2D eigenvalue weighted by molar-refractivity contribution is 5.75. The lowest BCUT2D eigenvalue weighted by atomic mass is 9.72. The Morgan fingerprint density at radius 3 is 2.70 bits per heavy atom. The minimum atomic E-state index is -0.583. The molecule has 1 aromatic carbocycles. The predicted octanol–water partition coefficient (Wildman–Crippen LogP) is 2.62. The fourth-order valence-corrected chi connectivity index (χ4v) is 2.74. The Balaban J connectivity index is 2.16. The summed E-state index contributed by atoms with van der Waals surface area (Å²) in [6.45, 7) is 0. The SMILES string of the molecule is COC(=O)C(N)CC1(Cc2ccccc2)C=CC=CC1. The van der Waals surface area contributed by atoms with Gasteiger partial charge in [-0.15, -0.1) is 0 Å². The summed E-state index contributed by atoms with van der Waals surface area (Å²) in [5, 5.41) is 0. The number of benzene rings is 1. The average molecular weight is 271 g/mol. The van der Waals surface area contributed by atoms with E-state index in [9.17, 15) is 4.79 Å². The maximum absolute atomic E-state index is 11.6. The van der Waals surface area contributed by atoms with Gasteiger partial charge >= 0.3 is 5.97 Å². The van der Waals surface area contributed by atoms with Crippen molar-refractivity contribution in [2.45, 2.75) is 25.3 Å². The average Bonchev–Trinajstić information content (AvgIpc) is 2.48. The number of carbonyl (C=O) groups is 1. The van der Waals surface area contributed by atoms with Crippen molar-refractivity contribution in [2.24, 2.45) is 11.1 Å². The zero-order chi connectivity index (χ0) is 14.4. The third kappa shape index (κ3) is 3.58. The number of hydrogen-bond donors (Lipinski definition) is 1. The standard InChI is InChI=1S/C17H21NO2/c1-20-16(19)15(18)13-17(10-6-3-7-11-17)12-14-8-4-2-5-9-14/h2-10,15H,11-13,18H2,1H3. The molecule has 0 heterocycles. The van der Waals surface area contributed by atoms with Crippen molar-refractivity contribution in [2.75, 3.05) is 7.11 Å². The van der Waals surface area contributed by atoms with Crippen molar-refractivity contribution < 1.29 is 9.53 Å². The van der Waals surface area contributed by atoms with Gasteiger partial charge in [0.05, 0.1) is 7.11 Å². The van der Waals surface area contributed by atoms with Crippen LogP contribution in [0.25, 0.3) is 0 Å². The highest BCUT2D eigenvalue weighted by atomic mass is 16.5. The zero-order valence-corrected chi connectivity index (χ0v) is 11.8. The molecule has 0 fully saturated rings. The van der Waals surface area contributed by atoms with Crippen molar-refractivity contribution in [3.63, 3.8) is 0 Å². The Kier molecular flexibility index (Phi) is 4.74. The number of ether oxygens (including phenoxy) is 1. The van der Waals surface area contributed by atoms with E-state index < -0.39 is 6.04 Å². The number of hydrogen-bond acceptors (Lipinski definition) is 3. The molecule has 0 aromatic heterocycles. The lowest BCUT2D eigenvalue weighted by molar-refractivity contribution is -0.142. The van der Waals surface area contributed by atoms with Crippen molar-refractivity contribution >= 4 is 5.97 Å². The highest BCUT2D eigenvalue weighted by Gasteiger charge is 2.32. The van der Waals surface area contributed by atoms with Gasteiger partial charge in [-0.25, -0.2) is 0 Å². The van der Waals surface area contributed by atoms with Gasteiger partial charge < -0.3 is 10.5 Å². The maximum Gasteiger partial charge on any atom is 0.322 e. The molecule has 106 valence electrons. The molecule has 0 saturated heterocycles. The quantitative estimate of drug-likeness (QED) is 0.838. The molecule has 0 amide bonds. The molecule has 0 aliphatic heterocycles. The molecule has 0 radical (unpaired) electrons.